The Morgan fingerprint density at radius 3 is 2.70 bits per heavy atom. The number of ether oxygens (including phenoxy) is 2. The number of hydrogen-bond acceptors (Lipinski definition) is 6. The van der Waals surface area contributed by atoms with E-state index in [0.717, 1.165) is 4.57 Å². The summed E-state index contributed by atoms with van der Waals surface area (Å²) in [4.78, 5) is 31.5. The van der Waals surface area contributed by atoms with Gasteiger partial charge in [0.1, 0.15) is 6.61 Å². The van der Waals surface area contributed by atoms with Crippen LogP contribution in [0.4, 0.5) is 0 Å². The largest absolute Gasteiger partial charge is 0.462 e. The molecule has 0 atom stereocenters. The number of H-pyrrole nitrogens is 1. The van der Waals surface area contributed by atoms with E-state index in [1.54, 1.807) is 0 Å². The van der Waals surface area contributed by atoms with Gasteiger partial charge in [-0.15, -0.1) is 0 Å². The van der Waals surface area contributed by atoms with Crippen molar-refractivity contribution < 1.29 is 14.6 Å². The molecular weight excluding hydrogens is 304 g/mol. The minimum absolute atomic E-state index is 0.0964. The molecule has 2 heterocycles. The number of aliphatic hydroxyl groups excluding tert-OH is 1. The maximum atomic E-state index is 12.4. The monoisotopic (exact) mass is 326 g/mol. The number of nitrogens with one attached hydrogen (secondary N) is 1. The molecular formula is C14H22N4O5. The number of aryl methyl sites for hydroxylation is 1. The maximum absolute atomic E-state index is 12.4. The van der Waals surface area contributed by atoms with Crippen molar-refractivity contribution in [3.8, 4) is 6.01 Å². The SMILES string of the molecule is CC(C)OCCOc1nc2c([nH]1)c(=O)n(CCCO)c(=O)n2C. The topological polar surface area (TPSA) is 111 Å². The lowest BCUT2D eigenvalue weighted by molar-refractivity contribution is 0.0534. The molecule has 9 heteroatoms. The Morgan fingerprint density at radius 1 is 1.30 bits per heavy atom. The van der Waals surface area contributed by atoms with Crippen LogP contribution in [0.5, 0.6) is 6.01 Å². The number of imidazole rings is 1. The fourth-order valence-electron chi connectivity index (χ4n) is 2.14. The molecule has 2 aromatic rings. The van der Waals surface area contributed by atoms with Crippen molar-refractivity contribution in [1.82, 2.24) is 19.1 Å². The summed E-state index contributed by atoms with van der Waals surface area (Å²) in [6, 6.07) is 0.166. The average molecular weight is 326 g/mol. The first kappa shape index (κ1) is 17.2. The standard InChI is InChI=1S/C14H22N4O5/c1-9(2)22-7-8-23-13-15-10-11(16-13)17(3)14(21)18(12(10)20)5-4-6-19/h9,19H,4-8H2,1-3H3,(H,15,16). The Kier molecular flexibility index (Phi) is 5.56. The quantitative estimate of drug-likeness (QED) is 0.639. The van der Waals surface area contributed by atoms with Crippen LogP contribution in [-0.2, 0) is 18.3 Å². The Labute approximate surface area is 132 Å². The molecule has 0 saturated carbocycles. The molecule has 2 N–H and O–H groups in total. The third-order valence-electron chi connectivity index (χ3n) is 3.27. The van der Waals surface area contributed by atoms with Crippen molar-refractivity contribution in [2.45, 2.75) is 32.9 Å². The van der Waals surface area contributed by atoms with E-state index in [4.69, 9.17) is 14.6 Å². The van der Waals surface area contributed by atoms with Crippen LogP contribution >= 0.6 is 0 Å². The van der Waals surface area contributed by atoms with Crippen LogP contribution in [0.25, 0.3) is 11.2 Å². The highest BCUT2D eigenvalue weighted by Crippen LogP contribution is 2.10. The molecule has 0 radical (unpaired) electrons. The molecule has 0 aliphatic rings. The normalized spacial score (nSPS) is 11.5. The average Bonchev–Trinajstić information content (AvgIpc) is 2.94. The number of nitrogens with zero attached hydrogens (tertiary/aromatic N) is 3. The molecule has 9 nitrogen and oxygen atoms in total. The first-order valence-electron chi connectivity index (χ1n) is 7.50. The Balaban J connectivity index is 2.28. The van der Waals surface area contributed by atoms with Gasteiger partial charge in [0.25, 0.3) is 11.6 Å². The highest BCUT2D eigenvalue weighted by molar-refractivity contribution is 5.70. The van der Waals surface area contributed by atoms with Gasteiger partial charge in [-0.2, -0.15) is 4.98 Å². The molecule has 0 aliphatic carbocycles. The predicted molar refractivity (Wildman–Crippen MR) is 83.9 cm³/mol. The summed E-state index contributed by atoms with van der Waals surface area (Å²) in [5.74, 6) is 0. The summed E-state index contributed by atoms with van der Waals surface area (Å²) < 4.78 is 13.1. The fraction of sp³-hybridized carbons (Fsp3) is 0.643. The lowest BCUT2D eigenvalue weighted by Crippen LogP contribution is -2.39. The molecule has 2 aromatic heterocycles. The number of aromatic amines is 1. The summed E-state index contributed by atoms with van der Waals surface area (Å²) in [7, 11) is 1.53. The Bertz CT molecular complexity index is 774. The van der Waals surface area contributed by atoms with E-state index in [1.165, 1.54) is 11.6 Å². The lowest BCUT2D eigenvalue weighted by atomic mass is 10.4. The summed E-state index contributed by atoms with van der Waals surface area (Å²) in [6.07, 6.45) is 0.429. The van der Waals surface area contributed by atoms with Gasteiger partial charge in [0, 0.05) is 20.2 Å². The van der Waals surface area contributed by atoms with Gasteiger partial charge >= 0.3 is 5.69 Å². The molecule has 0 bridgehead atoms. The second kappa shape index (κ2) is 7.42. The Hall–Kier alpha value is -2.13. The van der Waals surface area contributed by atoms with Crippen molar-refractivity contribution in [2.24, 2.45) is 7.05 Å². The zero-order valence-corrected chi connectivity index (χ0v) is 13.5. The van der Waals surface area contributed by atoms with Gasteiger partial charge in [-0.1, -0.05) is 0 Å². The van der Waals surface area contributed by atoms with Crippen molar-refractivity contribution in [1.29, 1.82) is 0 Å². The van der Waals surface area contributed by atoms with Crippen LogP contribution in [-0.4, -0.2) is 50.1 Å². The van der Waals surface area contributed by atoms with E-state index in [-0.39, 0.29) is 43.0 Å². The molecule has 0 unspecified atom stereocenters. The minimum Gasteiger partial charge on any atom is -0.462 e. The number of aliphatic hydroxyl groups is 1. The van der Waals surface area contributed by atoms with Gasteiger partial charge in [-0.25, -0.2) is 4.79 Å². The van der Waals surface area contributed by atoms with Crippen molar-refractivity contribution in [3.05, 3.63) is 20.8 Å². The summed E-state index contributed by atoms with van der Waals surface area (Å²) in [6.45, 7) is 4.58. The molecule has 0 fully saturated rings. The summed E-state index contributed by atoms with van der Waals surface area (Å²) >= 11 is 0. The number of rotatable bonds is 8. The van der Waals surface area contributed by atoms with Crippen molar-refractivity contribution >= 4 is 11.2 Å². The fourth-order valence-corrected chi connectivity index (χ4v) is 2.14. The van der Waals surface area contributed by atoms with Gasteiger partial charge in [0.15, 0.2) is 11.2 Å². The lowest BCUT2D eigenvalue weighted by Gasteiger charge is -2.06. The van der Waals surface area contributed by atoms with E-state index in [0.29, 0.717) is 13.0 Å². The van der Waals surface area contributed by atoms with E-state index in [1.807, 2.05) is 13.8 Å². The van der Waals surface area contributed by atoms with Crippen LogP contribution in [0.15, 0.2) is 9.59 Å². The number of fused-ring (bicyclic) bond motifs is 1. The van der Waals surface area contributed by atoms with Crippen molar-refractivity contribution in [3.63, 3.8) is 0 Å². The maximum Gasteiger partial charge on any atom is 0.332 e. The van der Waals surface area contributed by atoms with E-state index >= 15 is 0 Å². The smallest absolute Gasteiger partial charge is 0.332 e. The van der Waals surface area contributed by atoms with Gasteiger partial charge in [0.2, 0.25) is 0 Å². The third-order valence-corrected chi connectivity index (χ3v) is 3.27. The number of hydrogen-bond donors (Lipinski definition) is 2. The van der Waals surface area contributed by atoms with E-state index in [9.17, 15) is 9.59 Å². The summed E-state index contributed by atoms with van der Waals surface area (Å²) in [5.41, 5.74) is -0.515. The van der Waals surface area contributed by atoms with Crippen LogP contribution in [0.2, 0.25) is 0 Å². The summed E-state index contributed by atoms with van der Waals surface area (Å²) in [5, 5.41) is 8.88. The van der Waals surface area contributed by atoms with Crippen LogP contribution in [0.3, 0.4) is 0 Å². The first-order valence-corrected chi connectivity index (χ1v) is 7.50. The van der Waals surface area contributed by atoms with Gasteiger partial charge < -0.3 is 19.6 Å². The molecule has 0 spiro atoms. The Morgan fingerprint density at radius 2 is 2.04 bits per heavy atom. The number of aromatic nitrogens is 4. The first-order chi connectivity index (χ1) is 11.0. The third kappa shape index (κ3) is 3.80. The predicted octanol–water partition coefficient (Wildman–Crippen LogP) is -0.390. The minimum atomic E-state index is -0.475. The molecule has 0 amide bonds. The van der Waals surface area contributed by atoms with Gasteiger partial charge in [-0.3, -0.25) is 13.9 Å². The highest BCUT2D eigenvalue weighted by atomic mass is 16.5. The highest BCUT2D eigenvalue weighted by Gasteiger charge is 2.15. The zero-order valence-electron chi connectivity index (χ0n) is 13.5. The zero-order chi connectivity index (χ0) is 17.0. The van der Waals surface area contributed by atoms with E-state index < -0.39 is 11.2 Å². The molecule has 23 heavy (non-hydrogen) atoms. The van der Waals surface area contributed by atoms with Crippen LogP contribution in [0, 0.1) is 0 Å². The second-order valence-electron chi connectivity index (χ2n) is 5.38. The van der Waals surface area contributed by atoms with Gasteiger partial charge in [0.05, 0.1) is 12.7 Å². The molecule has 2 rings (SSSR count). The van der Waals surface area contributed by atoms with Crippen molar-refractivity contribution in [2.75, 3.05) is 19.8 Å². The van der Waals surface area contributed by atoms with Crippen LogP contribution in [0.1, 0.15) is 20.3 Å². The molecule has 0 saturated heterocycles. The molecule has 128 valence electrons. The molecule has 0 aromatic carbocycles. The van der Waals surface area contributed by atoms with Crippen LogP contribution < -0.4 is 16.0 Å². The van der Waals surface area contributed by atoms with E-state index in [2.05, 4.69) is 9.97 Å². The molecule has 0 aliphatic heterocycles. The second-order valence-corrected chi connectivity index (χ2v) is 5.38. The van der Waals surface area contributed by atoms with Gasteiger partial charge in [-0.05, 0) is 20.3 Å².